The number of nitrogens with zero attached hydrogens (tertiary/aromatic N) is 1. The summed E-state index contributed by atoms with van der Waals surface area (Å²) in [7, 11) is 0.841. The van der Waals surface area contributed by atoms with E-state index in [0.717, 1.165) is 14.1 Å². The number of fused-ring (bicyclic) bond motifs is 1. The zero-order chi connectivity index (χ0) is 9.26. The fourth-order valence-corrected chi connectivity index (χ4v) is 2.20. The quantitative estimate of drug-likeness (QED) is 0.628. The molecule has 0 N–H and O–H groups in total. The molecule has 0 spiro atoms. The van der Waals surface area contributed by atoms with Crippen LogP contribution in [0.4, 0.5) is 0 Å². The van der Waals surface area contributed by atoms with E-state index in [9.17, 15) is 0 Å². The van der Waals surface area contributed by atoms with Crippen LogP contribution in [0.15, 0.2) is 30.5 Å². The molecule has 0 radical (unpaired) electrons. The van der Waals surface area contributed by atoms with Crippen LogP contribution in [0.1, 0.15) is 5.56 Å². The predicted octanol–water partition coefficient (Wildman–Crippen LogP) is 2.48. The van der Waals surface area contributed by atoms with Crippen molar-refractivity contribution in [1.82, 2.24) is 4.98 Å². The molecule has 0 amide bonds. The molecule has 1 nitrogen and oxygen atoms in total. The molecular weight excluding hydrogens is 177 g/mol. The van der Waals surface area contributed by atoms with Gasteiger partial charge in [0.1, 0.15) is 0 Å². The van der Waals surface area contributed by atoms with Crippen molar-refractivity contribution in [2.75, 3.05) is 6.66 Å². The highest BCUT2D eigenvalue weighted by Gasteiger charge is 1.98. The van der Waals surface area contributed by atoms with Gasteiger partial charge in [-0.2, -0.15) is 0 Å². The fourth-order valence-electron chi connectivity index (χ4n) is 1.48. The van der Waals surface area contributed by atoms with Crippen molar-refractivity contribution in [2.24, 2.45) is 0 Å². The molecule has 2 aromatic rings. The van der Waals surface area contributed by atoms with Crippen LogP contribution in [0.25, 0.3) is 10.9 Å². The first-order valence-corrected chi connectivity index (χ1v) is 5.84. The van der Waals surface area contributed by atoms with Crippen molar-refractivity contribution in [3.8, 4) is 0 Å². The average Bonchev–Trinajstić information content (AvgIpc) is 2.16. The summed E-state index contributed by atoms with van der Waals surface area (Å²) in [6, 6.07) is 8.56. The molecule has 1 atom stereocenters. The van der Waals surface area contributed by atoms with Gasteiger partial charge in [0.15, 0.2) is 0 Å². The first kappa shape index (κ1) is 8.65. The average molecular weight is 189 g/mol. The maximum absolute atomic E-state index is 4.36. The minimum absolute atomic E-state index is 0.841. The van der Waals surface area contributed by atoms with E-state index in [0.29, 0.717) is 0 Å². The van der Waals surface area contributed by atoms with Crippen LogP contribution in [0.5, 0.6) is 0 Å². The lowest BCUT2D eigenvalue weighted by atomic mass is 10.1. The van der Waals surface area contributed by atoms with Gasteiger partial charge in [0.2, 0.25) is 0 Å². The zero-order valence-electron chi connectivity index (χ0n) is 7.83. The summed E-state index contributed by atoms with van der Waals surface area (Å²) in [5, 5.41) is 2.71. The molecule has 2 rings (SSSR count). The highest BCUT2D eigenvalue weighted by atomic mass is 31.1. The number of rotatable bonds is 1. The van der Waals surface area contributed by atoms with E-state index in [2.05, 4.69) is 42.8 Å². The van der Waals surface area contributed by atoms with Crippen molar-refractivity contribution in [3.05, 3.63) is 36.0 Å². The lowest BCUT2D eigenvalue weighted by Gasteiger charge is -2.03. The Kier molecular flexibility index (Phi) is 2.28. The number of hydrogen-bond donors (Lipinski definition) is 0. The third-order valence-electron chi connectivity index (χ3n) is 2.17. The summed E-state index contributed by atoms with van der Waals surface area (Å²) in [6.45, 7) is 4.30. The summed E-state index contributed by atoms with van der Waals surface area (Å²) in [5.74, 6) is 0. The second-order valence-electron chi connectivity index (χ2n) is 3.13. The minimum Gasteiger partial charge on any atom is -0.256 e. The summed E-state index contributed by atoms with van der Waals surface area (Å²) < 4.78 is 0. The predicted molar refractivity (Wildman–Crippen MR) is 60.4 cm³/mol. The van der Waals surface area contributed by atoms with Gasteiger partial charge < -0.3 is 0 Å². The number of pyridine rings is 1. The molecule has 13 heavy (non-hydrogen) atoms. The van der Waals surface area contributed by atoms with Crippen molar-refractivity contribution in [2.45, 2.75) is 6.92 Å². The van der Waals surface area contributed by atoms with E-state index >= 15 is 0 Å². The Morgan fingerprint density at radius 1 is 1.23 bits per heavy atom. The maximum Gasteiger partial charge on any atom is 0.0710 e. The standard InChI is InChI=1S/C11H12NP/c1-8-3-4-9-10(7-8)12-6-5-11(9)13-2/h3-7,13H,1-2H3. The second kappa shape index (κ2) is 3.43. The van der Waals surface area contributed by atoms with Gasteiger partial charge in [0, 0.05) is 11.6 Å². The highest BCUT2D eigenvalue weighted by molar-refractivity contribution is 7.47. The van der Waals surface area contributed by atoms with Crippen LogP contribution >= 0.6 is 8.58 Å². The zero-order valence-corrected chi connectivity index (χ0v) is 8.83. The Labute approximate surface area is 80.0 Å². The van der Waals surface area contributed by atoms with E-state index in [1.165, 1.54) is 16.3 Å². The molecule has 0 saturated heterocycles. The molecule has 0 saturated carbocycles. The summed E-state index contributed by atoms with van der Waals surface area (Å²) in [6.07, 6.45) is 1.90. The monoisotopic (exact) mass is 189 g/mol. The highest BCUT2D eigenvalue weighted by Crippen LogP contribution is 2.16. The van der Waals surface area contributed by atoms with Crippen molar-refractivity contribution in [3.63, 3.8) is 0 Å². The first-order chi connectivity index (χ1) is 6.31. The van der Waals surface area contributed by atoms with Crippen LogP contribution in [-0.2, 0) is 0 Å². The Balaban J connectivity index is 2.77. The number of aromatic nitrogens is 1. The van der Waals surface area contributed by atoms with Gasteiger partial charge in [-0.1, -0.05) is 20.7 Å². The van der Waals surface area contributed by atoms with Crippen LogP contribution in [-0.4, -0.2) is 11.6 Å². The summed E-state index contributed by atoms with van der Waals surface area (Å²) in [4.78, 5) is 4.36. The topological polar surface area (TPSA) is 12.9 Å². The summed E-state index contributed by atoms with van der Waals surface area (Å²) in [5.41, 5.74) is 2.39. The van der Waals surface area contributed by atoms with Crippen LogP contribution < -0.4 is 5.30 Å². The van der Waals surface area contributed by atoms with E-state index < -0.39 is 0 Å². The Morgan fingerprint density at radius 2 is 2.08 bits per heavy atom. The van der Waals surface area contributed by atoms with Crippen LogP contribution in [0.2, 0.25) is 0 Å². The molecule has 0 aliphatic carbocycles. The molecule has 0 aliphatic heterocycles. The van der Waals surface area contributed by atoms with Crippen molar-refractivity contribution >= 4 is 24.8 Å². The fraction of sp³-hybridized carbons (Fsp3) is 0.182. The maximum atomic E-state index is 4.36. The molecular formula is C11H12NP. The lowest BCUT2D eigenvalue weighted by Crippen LogP contribution is -1.96. The number of hydrogen-bond acceptors (Lipinski definition) is 1. The largest absolute Gasteiger partial charge is 0.256 e. The Hall–Kier alpha value is -0.940. The summed E-state index contributed by atoms with van der Waals surface area (Å²) >= 11 is 0. The molecule has 1 aromatic heterocycles. The van der Waals surface area contributed by atoms with Gasteiger partial charge in [-0.05, 0) is 36.6 Å². The van der Waals surface area contributed by atoms with E-state index in [4.69, 9.17) is 0 Å². The third-order valence-corrected chi connectivity index (χ3v) is 3.14. The molecule has 0 fully saturated rings. The van der Waals surface area contributed by atoms with Gasteiger partial charge in [-0.15, -0.1) is 0 Å². The normalized spacial score (nSPS) is 11.5. The molecule has 1 aromatic carbocycles. The molecule has 66 valence electrons. The van der Waals surface area contributed by atoms with Gasteiger partial charge in [0.25, 0.3) is 0 Å². The Morgan fingerprint density at radius 3 is 2.85 bits per heavy atom. The Bertz CT molecular complexity index is 437. The van der Waals surface area contributed by atoms with E-state index in [-0.39, 0.29) is 0 Å². The smallest absolute Gasteiger partial charge is 0.0710 e. The van der Waals surface area contributed by atoms with Gasteiger partial charge >= 0.3 is 0 Å². The molecule has 1 heterocycles. The molecule has 0 bridgehead atoms. The first-order valence-electron chi connectivity index (χ1n) is 4.34. The molecule has 1 unspecified atom stereocenters. The second-order valence-corrected chi connectivity index (χ2v) is 4.17. The van der Waals surface area contributed by atoms with Crippen molar-refractivity contribution < 1.29 is 0 Å². The lowest BCUT2D eigenvalue weighted by molar-refractivity contribution is 1.40. The van der Waals surface area contributed by atoms with Crippen molar-refractivity contribution in [1.29, 1.82) is 0 Å². The van der Waals surface area contributed by atoms with Crippen LogP contribution in [0.3, 0.4) is 0 Å². The van der Waals surface area contributed by atoms with Crippen LogP contribution in [0, 0.1) is 6.92 Å². The van der Waals surface area contributed by atoms with Gasteiger partial charge in [-0.3, -0.25) is 4.98 Å². The van der Waals surface area contributed by atoms with Gasteiger partial charge in [0.05, 0.1) is 5.52 Å². The molecule has 0 aliphatic rings. The molecule has 2 heteroatoms. The van der Waals surface area contributed by atoms with Gasteiger partial charge in [-0.25, -0.2) is 0 Å². The number of aryl methyl sites for hydroxylation is 1. The van der Waals surface area contributed by atoms with E-state index in [1.807, 2.05) is 6.20 Å². The SMILES string of the molecule is CPc1ccnc2cc(C)ccc12. The van der Waals surface area contributed by atoms with E-state index in [1.54, 1.807) is 0 Å². The minimum atomic E-state index is 0.841. The number of benzene rings is 1. The third kappa shape index (κ3) is 1.57.